The van der Waals surface area contributed by atoms with Gasteiger partial charge in [0.2, 0.25) is 0 Å². The zero-order chi connectivity index (χ0) is 12.8. The van der Waals surface area contributed by atoms with Crippen molar-refractivity contribution >= 4 is 11.9 Å². The standard InChI is InChI=1S/C11H22N4O2/c1-12-11(13-2)14-7-8-5-6-9(17-8)10(16)15(3)4/h8-9H,5-7H2,1-4H3,(H2,12,13,14). The molecule has 2 atom stereocenters. The van der Waals surface area contributed by atoms with Crippen molar-refractivity contribution in [3.05, 3.63) is 0 Å². The van der Waals surface area contributed by atoms with E-state index in [0.717, 1.165) is 18.8 Å². The predicted octanol–water partition coefficient (Wildman–Crippen LogP) is -0.583. The second-order valence-corrected chi connectivity index (χ2v) is 4.26. The predicted molar refractivity (Wildman–Crippen MR) is 67.0 cm³/mol. The number of rotatable bonds is 3. The molecule has 1 fully saturated rings. The quantitative estimate of drug-likeness (QED) is 0.513. The van der Waals surface area contributed by atoms with Gasteiger partial charge in [-0.2, -0.15) is 0 Å². The van der Waals surface area contributed by atoms with Gasteiger partial charge in [0.15, 0.2) is 5.96 Å². The molecule has 0 bridgehead atoms. The van der Waals surface area contributed by atoms with Crippen LogP contribution in [0.5, 0.6) is 0 Å². The molecule has 0 radical (unpaired) electrons. The van der Waals surface area contributed by atoms with Gasteiger partial charge in [-0.25, -0.2) is 0 Å². The Hall–Kier alpha value is -1.30. The molecule has 1 aliphatic heterocycles. The molecule has 1 amide bonds. The van der Waals surface area contributed by atoms with E-state index >= 15 is 0 Å². The van der Waals surface area contributed by atoms with E-state index in [1.165, 1.54) is 0 Å². The fourth-order valence-corrected chi connectivity index (χ4v) is 1.82. The lowest BCUT2D eigenvalue weighted by molar-refractivity contribution is -0.140. The van der Waals surface area contributed by atoms with Crippen LogP contribution in [0.2, 0.25) is 0 Å². The van der Waals surface area contributed by atoms with Crippen LogP contribution in [0.3, 0.4) is 0 Å². The Balaban J connectivity index is 2.33. The Kier molecular flexibility index (Phi) is 5.21. The van der Waals surface area contributed by atoms with Gasteiger partial charge in [0, 0.05) is 34.7 Å². The average molecular weight is 242 g/mol. The largest absolute Gasteiger partial charge is 0.363 e. The summed E-state index contributed by atoms with van der Waals surface area (Å²) < 4.78 is 5.69. The highest BCUT2D eigenvalue weighted by molar-refractivity contribution is 5.81. The molecule has 0 spiro atoms. The van der Waals surface area contributed by atoms with Crippen LogP contribution in [0.4, 0.5) is 0 Å². The molecule has 98 valence electrons. The summed E-state index contributed by atoms with van der Waals surface area (Å²) in [6.07, 6.45) is 1.49. The molecule has 17 heavy (non-hydrogen) atoms. The number of likely N-dealkylation sites (N-methyl/N-ethyl adjacent to an activating group) is 1. The first-order chi connectivity index (χ1) is 8.08. The lowest BCUT2D eigenvalue weighted by Crippen LogP contribution is -2.40. The number of hydrogen-bond donors (Lipinski definition) is 2. The Morgan fingerprint density at radius 3 is 2.71 bits per heavy atom. The van der Waals surface area contributed by atoms with Crippen molar-refractivity contribution in [3.8, 4) is 0 Å². The molecule has 1 heterocycles. The zero-order valence-corrected chi connectivity index (χ0v) is 11.0. The third kappa shape index (κ3) is 3.89. The molecule has 0 aliphatic carbocycles. The molecule has 0 saturated carbocycles. The number of nitrogens with zero attached hydrogens (tertiary/aromatic N) is 2. The first kappa shape index (κ1) is 13.8. The number of carbonyl (C=O) groups excluding carboxylic acids is 1. The van der Waals surface area contributed by atoms with Crippen molar-refractivity contribution in [2.24, 2.45) is 4.99 Å². The highest BCUT2D eigenvalue weighted by atomic mass is 16.5. The summed E-state index contributed by atoms with van der Waals surface area (Å²) in [5.74, 6) is 0.779. The first-order valence-corrected chi connectivity index (χ1v) is 5.83. The zero-order valence-electron chi connectivity index (χ0n) is 11.0. The van der Waals surface area contributed by atoms with Crippen LogP contribution in [-0.2, 0) is 9.53 Å². The molecule has 2 unspecified atom stereocenters. The fraction of sp³-hybridized carbons (Fsp3) is 0.818. The van der Waals surface area contributed by atoms with E-state index in [1.807, 2.05) is 7.05 Å². The van der Waals surface area contributed by atoms with Crippen molar-refractivity contribution in [1.29, 1.82) is 0 Å². The summed E-state index contributed by atoms with van der Waals surface area (Å²) in [7, 11) is 7.02. The maximum atomic E-state index is 11.7. The summed E-state index contributed by atoms with van der Waals surface area (Å²) >= 11 is 0. The molecule has 2 N–H and O–H groups in total. The number of nitrogens with one attached hydrogen (secondary N) is 2. The smallest absolute Gasteiger partial charge is 0.251 e. The van der Waals surface area contributed by atoms with E-state index in [4.69, 9.17) is 4.74 Å². The number of aliphatic imine (C=N–C) groups is 1. The van der Waals surface area contributed by atoms with Crippen molar-refractivity contribution in [1.82, 2.24) is 15.5 Å². The van der Waals surface area contributed by atoms with E-state index in [0.29, 0.717) is 6.54 Å². The van der Waals surface area contributed by atoms with E-state index in [9.17, 15) is 4.79 Å². The monoisotopic (exact) mass is 242 g/mol. The molecule has 1 rings (SSSR count). The molecule has 6 nitrogen and oxygen atoms in total. The van der Waals surface area contributed by atoms with Crippen LogP contribution in [0.1, 0.15) is 12.8 Å². The summed E-state index contributed by atoms with van der Waals surface area (Å²) in [6.45, 7) is 0.671. The number of amides is 1. The van der Waals surface area contributed by atoms with Gasteiger partial charge < -0.3 is 20.3 Å². The van der Waals surface area contributed by atoms with Crippen LogP contribution < -0.4 is 10.6 Å². The molecular formula is C11H22N4O2. The molecule has 1 saturated heterocycles. The molecular weight excluding hydrogens is 220 g/mol. The highest BCUT2D eigenvalue weighted by Crippen LogP contribution is 2.20. The van der Waals surface area contributed by atoms with Crippen molar-refractivity contribution in [3.63, 3.8) is 0 Å². The maximum Gasteiger partial charge on any atom is 0.251 e. The lowest BCUT2D eigenvalue weighted by Gasteiger charge is -2.18. The third-order valence-corrected chi connectivity index (χ3v) is 2.78. The van der Waals surface area contributed by atoms with E-state index in [1.54, 1.807) is 26.0 Å². The normalized spacial score (nSPS) is 24.6. The van der Waals surface area contributed by atoms with Gasteiger partial charge in [-0.15, -0.1) is 0 Å². The van der Waals surface area contributed by atoms with E-state index in [-0.39, 0.29) is 18.1 Å². The van der Waals surface area contributed by atoms with Crippen molar-refractivity contribution in [2.45, 2.75) is 25.0 Å². The lowest BCUT2D eigenvalue weighted by atomic mass is 10.2. The average Bonchev–Trinajstić information content (AvgIpc) is 2.78. The van der Waals surface area contributed by atoms with Gasteiger partial charge in [-0.05, 0) is 12.8 Å². The van der Waals surface area contributed by atoms with Gasteiger partial charge in [-0.3, -0.25) is 9.79 Å². The van der Waals surface area contributed by atoms with Crippen LogP contribution in [0.25, 0.3) is 0 Å². The van der Waals surface area contributed by atoms with Gasteiger partial charge in [-0.1, -0.05) is 0 Å². The second kappa shape index (κ2) is 6.44. The van der Waals surface area contributed by atoms with Crippen LogP contribution in [0.15, 0.2) is 4.99 Å². The fourth-order valence-electron chi connectivity index (χ4n) is 1.82. The Morgan fingerprint density at radius 2 is 2.18 bits per heavy atom. The number of carbonyl (C=O) groups is 1. The topological polar surface area (TPSA) is 66.0 Å². The number of guanidine groups is 1. The van der Waals surface area contributed by atoms with Crippen LogP contribution in [-0.4, -0.2) is 63.7 Å². The Morgan fingerprint density at radius 1 is 1.47 bits per heavy atom. The number of hydrogen-bond acceptors (Lipinski definition) is 3. The van der Waals surface area contributed by atoms with E-state index in [2.05, 4.69) is 15.6 Å². The molecule has 6 heteroatoms. The summed E-state index contributed by atoms with van der Waals surface area (Å²) in [5, 5.41) is 6.07. The third-order valence-electron chi connectivity index (χ3n) is 2.78. The minimum absolute atomic E-state index is 0.0468. The van der Waals surface area contributed by atoms with Crippen molar-refractivity contribution < 1.29 is 9.53 Å². The van der Waals surface area contributed by atoms with Gasteiger partial charge in [0.25, 0.3) is 5.91 Å². The second-order valence-electron chi connectivity index (χ2n) is 4.26. The number of ether oxygens (including phenoxy) is 1. The highest BCUT2D eigenvalue weighted by Gasteiger charge is 2.31. The minimum Gasteiger partial charge on any atom is -0.363 e. The van der Waals surface area contributed by atoms with Crippen molar-refractivity contribution in [2.75, 3.05) is 34.7 Å². The molecule has 1 aliphatic rings. The minimum atomic E-state index is -0.284. The van der Waals surface area contributed by atoms with Gasteiger partial charge in [0.05, 0.1) is 6.10 Å². The van der Waals surface area contributed by atoms with Gasteiger partial charge in [0.1, 0.15) is 6.10 Å². The van der Waals surface area contributed by atoms with Gasteiger partial charge >= 0.3 is 0 Å². The molecule has 0 aromatic rings. The van der Waals surface area contributed by atoms with Crippen LogP contribution >= 0.6 is 0 Å². The molecule has 0 aromatic heterocycles. The maximum absolute atomic E-state index is 11.7. The van der Waals surface area contributed by atoms with E-state index < -0.39 is 0 Å². The SMILES string of the molecule is CN=C(NC)NCC1CCC(C(=O)N(C)C)O1. The summed E-state index contributed by atoms with van der Waals surface area (Å²) in [6, 6.07) is 0. The first-order valence-electron chi connectivity index (χ1n) is 5.83. The summed E-state index contributed by atoms with van der Waals surface area (Å²) in [5.41, 5.74) is 0. The summed E-state index contributed by atoms with van der Waals surface area (Å²) in [4.78, 5) is 17.3. The Labute approximate surface area is 102 Å². The molecule has 0 aromatic carbocycles. The Bertz CT molecular complexity index is 291. The van der Waals surface area contributed by atoms with Crippen LogP contribution in [0, 0.1) is 0 Å².